The van der Waals surface area contributed by atoms with E-state index in [1.165, 1.54) is 27.1 Å². The van der Waals surface area contributed by atoms with Crippen molar-refractivity contribution in [2.45, 2.75) is 31.2 Å². The molecule has 0 bridgehead atoms. The van der Waals surface area contributed by atoms with Gasteiger partial charge in [0, 0.05) is 32.9 Å². The lowest BCUT2D eigenvalue weighted by atomic mass is 9.93. The number of sulfonamides is 1. The molecule has 0 saturated carbocycles. The zero-order valence-corrected chi connectivity index (χ0v) is 18.2. The highest BCUT2D eigenvalue weighted by atomic mass is 32.2. The fraction of sp³-hybridized carbons (Fsp3) is 0.273. The van der Waals surface area contributed by atoms with Crippen molar-refractivity contribution in [3.63, 3.8) is 0 Å². The lowest BCUT2D eigenvalue weighted by molar-refractivity contribution is -0.129. The van der Waals surface area contributed by atoms with Crippen LogP contribution in [-0.2, 0) is 19.6 Å². The van der Waals surface area contributed by atoms with Crippen molar-refractivity contribution < 1.29 is 18.0 Å². The molecule has 7 nitrogen and oxygen atoms in total. The predicted molar refractivity (Wildman–Crippen MR) is 116 cm³/mol. The normalized spacial score (nSPS) is 15.8. The molecule has 0 spiro atoms. The molecule has 2 aromatic carbocycles. The highest BCUT2D eigenvalue weighted by Crippen LogP contribution is 2.33. The van der Waals surface area contributed by atoms with Crippen LogP contribution in [0, 0.1) is 6.92 Å². The first-order valence-corrected chi connectivity index (χ1v) is 10.9. The van der Waals surface area contributed by atoms with Crippen LogP contribution in [0.5, 0.6) is 0 Å². The summed E-state index contributed by atoms with van der Waals surface area (Å²) in [6.07, 6.45) is 3.59. The van der Waals surface area contributed by atoms with Crippen LogP contribution in [0.4, 0.5) is 5.69 Å². The van der Waals surface area contributed by atoms with E-state index in [9.17, 15) is 18.0 Å². The van der Waals surface area contributed by atoms with Gasteiger partial charge in [-0.3, -0.25) is 9.59 Å². The number of nitrogens with zero attached hydrogens (tertiary/aromatic N) is 2. The third kappa shape index (κ3) is 4.29. The molecule has 30 heavy (non-hydrogen) atoms. The first-order valence-electron chi connectivity index (χ1n) is 9.50. The monoisotopic (exact) mass is 427 g/mol. The van der Waals surface area contributed by atoms with Gasteiger partial charge in [0.05, 0.1) is 17.4 Å². The molecule has 1 atom stereocenters. The van der Waals surface area contributed by atoms with Gasteiger partial charge in [0.25, 0.3) is 0 Å². The van der Waals surface area contributed by atoms with E-state index in [-0.39, 0.29) is 23.1 Å². The smallest absolute Gasteiger partial charge is 0.242 e. The van der Waals surface area contributed by atoms with Crippen LogP contribution in [-0.4, -0.2) is 43.5 Å². The van der Waals surface area contributed by atoms with Gasteiger partial charge in [0.2, 0.25) is 21.8 Å². The fourth-order valence-corrected chi connectivity index (χ4v) is 4.60. The average molecular weight is 428 g/mol. The number of aryl methyl sites for hydroxylation is 1. The number of carbonyl (C=O) groups is 2. The molecule has 0 aliphatic carbocycles. The van der Waals surface area contributed by atoms with Crippen LogP contribution in [0.25, 0.3) is 6.08 Å². The third-order valence-electron chi connectivity index (χ3n) is 5.08. The molecule has 0 radical (unpaired) electrons. The Bertz CT molecular complexity index is 1120. The zero-order chi connectivity index (χ0) is 22.1. The van der Waals surface area contributed by atoms with Crippen molar-refractivity contribution in [3.05, 3.63) is 65.4 Å². The number of amides is 2. The minimum absolute atomic E-state index is 0.0462. The van der Waals surface area contributed by atoms with E-state index < -0.39 is 16.1 Å². The second-order valence-corrected chi connectivity index (χ2v) is 9.53. The van der Waals surface area contributed by atoms with E-state index in [1.807, 2.05) is 30.3 Å². The van der Waals surface area contributed by atoms with Gasteiger partial charge >= 0.3 is 0 Å². The van der Waals surface area contributed by atoms with Crippen molar-refractivity contribution in [1.82, 2.24) is 9.21 Å². The molecule has 8 heteroatoms. The standard InChI is InChI=1S/C22H25N3O4S/c1-15-9-10-18(13-21(15)30(28,29)24(3)4)23-22(27)14-20-19-8-6-5-7-17(19)11-12-25(20)16(2)26/h5-13,20H,14H2,1-4H3,(H,23,27)/t20-/m0/s1. The number of carbonyl (C=O) groups excluding carboxylic acids is 2. The Morgan fingerprint density at radius 2 is 1.83 bits per heavy atom. The maximum absolute atomic E-state index is 12.8. The minimum atomic E-state index is -3.63. The van der Waals surface area contributed by atoms with Gasteiger partial charge in [-0.1, -0.05) is 30.3 Å². The average Bonchev–Trinajstić information content (AvgIpc) is 2.69. The first kappa shape index (κ1) is 21.7. The highest BCUT2D eigenvalue weighted by molar-refractivity contribution is 7.89. The van der Waals surface area contributed by atoms with Gasteiger partial charge in [0.1, 0.15) is 0 Å². The quantitative estimate of drug-likeness (QED) is 0.794. The summed E-state index contributed by atoms with van der Waals surface area (Å²) in [5.74, 6) is -0.471. The molecular weight excluding hydrogens is 402 g/mol. The van der Waals surface area contributed by atoms with Crippen LogP contribution < -0.4 is 5.32 Å². The van der Waals surface area contributed by atoms with Gasteiger partial charge in [-0.2, -0.15) is 0 Å². The molecule has 2 aromatic rings. The van der Waals surface area contributed by atoms with Crippen LogP contribution >= 0.6 is 0 Å². The van der Waals surface area contributed by atoms with Crippen LogP contribution in [0.2, 0.25) is 0 Å². The molecule has 1 N–H and O–H groups in total. The number of rotatable bonds is 5. The van der Waals surface area contributed by atoms with Crippen LogP contribution in [0.3, 0.4) is 0 Å². The largest absolute Gasteiger partial charge is 0.326 e. The van der Waals surface area contributed by atoms with E-state index >= 15 is 0 Å². The Hall–Kier alpha value is -2.97. The van der Waals surface area contributed by atoms with Crippen LogP contribution in [0.15, 0.2) is 53.6 Å². The lowest BCUT2D eigenvalue weighted by Gasteiger charge is -2.32. The van der Waals surface area contributed by atoms with E-state index in [0.29, 0.717) is 11.3 Å². The number of hydrogen-bond donors (Lipinski definition) is 1. The van der Waals surface area contributed by atoms with Gasteiger partial charge in [-0.15, -0.1) is 0 Å². The number of benzene rings is 2. The molecule has 1 aliphatic rings. The Balaban J connectivity index is 1.85. The van der Waals surface area contributed by atoms with Crippen molar-refractivity contribution in [2.24, 2.45) is 0 Å². The van der Waals surface area contributed by atoms with Crippen molar-refractivity contribution >= 4 is 33.6 Å². The summed E-state index contributed by atoms with van der Waals surface area (Å²) >= 11 is 0. The minimum Gasteiger partial charge on any atom is -0.326 e. The van der Waals surface area contributed by atoms with Crippen molar-refractivity contribution in [1.29, 1.82) is 0 Å². The summed E-state index contributed by atoms with van der Waals surface area (Å²) in [6, 6.07) is 12.0. The number of anilines is 1. The summed E-state index contributed by atoms with van der Waals surface area (Å²) in [5.41, 5.74) is 2.84. The predicted octanol–water partition coefficient (Wildman–Crippen LogP) is 3.15. The van der Waals surface area contributed by atoms with Crippen molar-refractivity contribution in [3.8, 4) is 0 Å². The Kier molecular flexibility index (Phi) is 6.09. The summed E-state index contributed by atoms with van der Waals surface area (Å²) in [4.78, 5) is 26.6. The second-order valence-electron chi connectivity index (χ2n) is 7.41. The van der Waals surface area contributed by atoms with E-state index in [0.717, 1.165) is 15.4 Å². The number of hydrogen-bond acceptors (Lipinski definition) is 4. The molecule has 0 fully saturated rings. The molecule has 1 heterocycles. The molecule has 3 rings (SSSR count). The molecule has 158 valence electrons. The Morgan fingerprint density at radius 3 is 2.50 bits per heavy atom. The Labute approximate surface area is 177 Å². The third-order valence-corrected chi connectivity index (χ3v) is 7.04. The summed E-state index contributed by atoms with van der Waals surface area (Å²) in [7, 11) is -0.708. The second kappa shape index (κ2) is 8.41. The first-order chi connectivity index (χ1) is 14.1. The SMILES string of the molecule is CC(=O)N1C=Cc2ccccc2[C@@H]1CC(=O)Nc1ccc(C)c(S(=O)(=O)N(C)C)c1. The Morgan fingerprint density at radius 1 is 1.13 bits per heavy atom. The van der Waals surface area contributed by atoms with Gasteiger partial charge in [-0.05, 0) is 41.8 Å². The maximum Gasteiger partial charge on any atom is 0.242 e. The van der Waals surface area contributed by atoms with E-state index in [1.54, 1.807) is 30.2 Å². The highest BCUT2D eigenvalue weighted by Gasteiger charge is 2.28. The van der Waals surface area contributed by atoms with E-state index in [2.05, 4.69) is 5.32 Å². The fourth-order valence-electron chi connectivity index (χ4n) is 3.45. The van der Waals surface area contributed by atoms with Gasteiger partial charge < -0.3 is 10.2 Å². The number of nitrogens with one attached hydrogen (secondary N) is 1. The summed E-state index contributed by atoms with van der Waals surface area (Å²) in [6.45, 7) is 3.17. The summed E-state index contributed by atoms with van der Waals surface area (Å²) in [5, 5.41) is 2.77. The molecule has 0 saturated heterocycles. The van der Waals surface area contributed by atoms with E-state index in [4.69, 9.17) is 0 Å². The van der Waals surface area contributed by atoms with Crippen molar-refractivity contribution in [2.75, 3.05) is 19.4 Å². The van der Waals surface area contributed by atoms with Gasteiger partial charge in [0.15, 0.2) is 0 Å². The van der Waals surface area contributed by atoms with Crippen LogP contribution in [0.1, 0.15) is 36.1 Å². The lowest BCUT2D eigenvalue weighted by Crippen LogP contribution is -2.33. The number of fused-ring (bicyclic) bond motifs is 1. The molecule has 0 unspecified atom stereocenters. The zero-order valence-electron chi connectivity index (χ0n) is 17.4. The molecule has 2 amide bonds. The molecule has 0 aromatic heterocycles. The molecule has 1 aliphatic heterocycles. The topological polar surface area (TPSA) is 86.8 Å². The molecular formula is C22H25N3O4S. The van der Waals surface area contributed by atoms with Gasteiger partial charge in [-0.25, -0.2) is 12.7 Å². The maximum atomic E-state index is 12.8. The summed E-state index contributed by atoms with van der Waals surface area (Å²) < 4.78 is 26.2.